The lowest BCUT2D eigenvalue weighted by Crippen LogP contribution is -2.27. The maximum atomic E-state index is 11.6. The molecule has 3 rings (SSSR count). The van der Waals surface area contributed by atoms with Crippen LogP contribution in [0.3, 0.4) is 0 Å². The molecule has 3 aromatic carbocycles. The van der Waals surface area contributed by atoms with Gasteiger partial charge in [0.25, 0.3) is 0 Å². The summed E-state index contributed by atoms with van der Waals surface area (Å²) in [6, 6.07) is 24.0. The summed E-state index contributed by atoms with van der Waals surface area (Å²) in [4.78, 5) is 11.6. The van der Waals surface area contributed by atoms with Gasteiger partial charge in [-0.05, 0) is 55.1 Å². The fourth-order valence-electron chi connectivity index (χ4n) is 3.83. The van der Waals surface area contributed by atoms with Crippen LogP contribution in [0.5, 0.6) is 5.75 Å². The van der Waals surface area contributed by atoms with Crippen LogP contribution in [-0.2, 0) is 4.79 Å². The van der Waals surface area contributed by atoms with Crippen LogP contribution in [0.1, 0.15) is 28.8 Å². The molecule has 7 heteroatoms. The lowest BCUT2D eigenvalue weighted by molar-refractivity contribution is -0.105. The fourth-order valence-corrected chi connectivity index (χ4v) is 3.83. The molecule has 0 amide bonds. The summed E-state index contributed by atoms with van der Waals surface area (Å²) in [7, 11) is 3.64. The number of hydrogen-bond acceptors (Lipinski definition) is 7. The van der Waals surface area contributed by atoms with Crippen molar-refractivity contribution in [3.63, 3.8) is 0 Å². The van der Waals surface area contributed by atoms with Crippen molar-refractivity contribution >= 4 is 17.7 Å². The Bertz CT molecular complexity index is 1140. The summed E-state index contributed by atoms with van der Waals surface area (Å²) < 4.78 is 6.24. The molecule has 2 atom stereocenters. The zero-order chi connectivity index (χ0) is 24.5. The Morgan fingerprint density at radius 2 is 1.71 bits per heavy atom. The molecule has 0 spiro atoms. The first-order chi connectivity index (χ1) is 16.5. The standard InChI is InChI=1S/C27H31N5O2/c1-31-16-24(20-9-6-10-21(28)15-20)34-22-13-11-19(12-14-22)27(32-2)25(23(29)17-33)26(30)18-7-4-3-5-8-18/h3-15,17,24,27,30-32H,16,28-29H2,1-2H3/b25-23+,30-26?. The predicted molar refractivity (Wildman–Crippen MR) is 137 cm³/mol. The summed E-state index contributed by atoms with van der Waals surface area (Å²) in [6.45, 7) is 0.612. The number of aldehydes is 1. The number of allylic oxidation sites excluding steroid dienone is 1. The molecule has 34 heavy (non-hydrogen) atoms. The van der Waals surface area contributed by atoms with Crippen LogP contribution in [0.15, 0.2) is 90.1 Å². The average Bonchev–Trinajstić information content (AvgIpc) is 2.87. The van der Waals surface area contributed by atoms with E-state index in [0.29, 0.717) is 35.4 Å². The van der Waals surface area contributed by atoms with E-state index in [1.54, 1.807) is 7.05 Å². The molecule has 3 aromatic rings. The minimum absolute atomic E-state index is 0.0179. The van der Waals surface area contributed by atoms with E-state index in [1.165, 1.54) is 0 Å². The zero-order valence-electron chi connectivity index (χ0n) is 19.4. The maximum absolute atomic E-state index is 11.6. The van der Waals surface area contributed by atoms with Gasteiger partial charge in [0.05, 0.1) is 17.5 Å². The average molecular weight is 458 g/mol. The fraction of sp³-hybridized carbons (Fsp3) is 0.185. The monoisotopic (exact) mass is 457 g/mol. The van der Waals surface area contributed by atoms with Gasteiger partial charge in [-0.25, -0.2) is 0 Å². The molecular formula is C27H31N5O2. The minimum atomic E-state index is -0.450. The molecule has 176 valence electrons. The van der Waals surface area contributed by atoms with Crippen LogP contribution in [0.25, 0.3) is 0 Å². The molecule has 0 aliphatic rings. The molecule has 0 saturated heterocycles. The van der Waals surface area contributed by atoms with E-state index in [0.717, 1.165) is 11.1 Å². The number of anilines is 1. The molecule has 0 aromatic heterocycles. The smallest absolute Gasteiger partial charge is 0.166 e. The highest BCUT2D eigenvalue weighted by Crippen LogP contribution is 2.29. The van der Waals surface area contributed by atoms with Gasteiger partial charge >= 0.3 is 0 Å². The van der Waals surface area contributed by atoms with Crippen molar-refractivity contribution < 1.29 is 9.53 Å². The van der Waals surface area contributed by atoms with E-state index >= 15 is 0 Å². The SMILES string of the molecule is CNCC(Oc1ccc(C(NC)/C(C(=N)c2ccccc2)=C(/N)C=O)cc1)c1cccc(N)c1. The number of nitrogens with two attached hydrogens (primary N) is 2. The number of hydrogen-bond donors (Lipinski definition) is 5. The molecule has 0 saturated carbocycles. The van der Waals surface area contributed by atoms with Crippen molar-refractivity contribution in [1.82, 2.24) is 10.6 Å². The second-order valence-corrected chi connectivity index (χ2v) is 7.85. The van der Waals surface area contributed by atoms with E-state index in [-0.39, 0.29) is 17.5 Å². The normalized spacial score (nSPS) is 13.5. The number of nitrogens with one attached hydrogen (secondary N) is 3. The lowest BCUT2D eigenvalue weighted by Gasteiger charge is -2.23. The van der Waals surface area contributed by atoms with Crippen molar-refractivity contribution in [3.8, 4) is 5.75 Å². The number of carbonyl (C=O) groups is 1. The molecule has 0 fully saturated rings. The highest BCUT2D eigenvalue weighted by molar-refractivity contribution is 6.13. The van der Waals surface area contributed by atoms with Crippen LogP contribution >= 0.6 is 0 Å². The topological polar surface area (TPSA) is 126 Å². The van der Waals surface area contributed by atoms with Gasteiger partial charge in [-0.3, -0.25) is 10.2 Å². The van der Waals surface area contributed by atoms with E-state index in [9.17, 15) is 4.79 Å². The third kappa shape index (κ3) is 5.89. The molecule has 2 unspecified atom stereocenters. The second-order valence-electron chi connectivity index (χ2n) is 7.85. The summed E-state index contributed by atoms with van der Waals surface area (Å²) in [5, 5.41) is 15.1. The molecule has 0 aliphatic heterocycles. The van der Waals surface area contributed by atoms with Gasteiger partial charge in [-0.1, -0.05) is 54.6 Å². The molecule has 0 bridgehead atoms. The van der Waals surface area contributed by atoms with Crippen LogP contribution in [-0.4, -0.2) is 32.6 Å². The quantitative estimate of drug-likeness (QED) is 0.130. The highest BCUT2D eigenvalue weighted by Gasteiger charge is 2.23. The van der Waals surface area contributed by atoms with Crippen molar-refractivity contribution in [3.05, 3.63) is 107 Å². The number of ether oxygens (including phenoxy) is 1. The van der Waals surface area contributed by atoms with Gasteiger partial charge in [0.2, 0.25) is 0 Å². The number of carbonyl (C=O) groups excluding carboxylic acids is 1. The van der Waals surface area contributed by atoms with Gasteiger partial charge in [0.1, 0.15) is 11.9 Å². The van der Waals surface area contributed by atoms with Crippen LogP contribution in [0, 0.1) is 5.41 Å². The first kappa shape index (κ1) is 24.7. The van der Waals surface area contributed by atoms with Gasteiger partial charge in [-0.2, -0.15) is 0 Å². The summed E-state index contributed by atoms with van der Waals surface area (Å²) in [5.41, 5.74) is 15.8. The Morgan fingerprint density at radius 3 is 2.29 bits per heavy atom. The molecular weight excluding hydrogens is 426 g/mol. The summed E-state index contributed by atoms with van der Waals surface area (Å²) in [6.07, 6.45) is 0.370. The Balaban J connectivity index is 1.88. The third-order valence-electron chi connectivity index (χ3n) is 5.51. The molecule has 7 N–H and O–H groups in total. The van der Waals surface area contributed by atoms with Crippen LogP contribution < -0.4 is 26.8 Å². The first-order valence-electron chi connectivity index (χ1n) is 11.0. The molecule has 0 heterocycles. The van der Waals surface area contributed by atoms with Gasteiger partial charge in [0.15, 0.2) is 6.29 Å². The van der Waals surface area contributed by atoms with Crippen molar-refractivity contribution in [1.29, 1.82) is 5.41 Å². The van der Waals surface area contributed by atoms with Crippen LogP contribution in [0.4, 0.5) is 5.69 Å². The number of benzene rings is 3. The van der Waals surface area contributed by atoms with E-state index < -0.39 is 6.04 Å². The second kappa shape index (κ2) is 11.8. The minimum Gasteiger partial charge on any atom is -0.484 e. The highest BCUT2D eigenvalue weighted by atomic mass is 16.5. The van der Waals surface area contributed by atoms with Gasteiger partial charge < -0.3 is 26.8 Å². The lowest BCUT2D eigenvalue weighted by atomic mass is 9.90. The van der Waals surface area contributed by atoms with Gasteiger partial charge in [0, 0.05) is 17.8 Å². The largest absolute Gasteiger partial charge is 0.484 e. The van der Waals surface area contributed by atoms with Gasteiger partial charge in [-0.15, -0.1) is 0 Å². The van der Waals surface area contributed by atoms with E-state index in [1.807, 2.05) is 85.9 Å². The van der Waals surface area contributed by atoms with E-state index in [4.69, 9.17) is 21.6 Å². The molecule has 0 radical (unpaired) electrons. The number of likely N-dealkylation sites (N-methyl/N-ethyl adjacent to an activating group) is 2. The van der Waals surface area contributed by atoms with Crippen molar-refractivity contribution in [2.45, 2.75) is 12.1 Å². The maximum Gasteiger partial charge on any atom is 0.166 e. The first-order valence-corrected chi connectivity index (χ1v) is 11.0. The predicted octanol–water partition coefficient (Wildman–Crippen LogP) is 3.35. The Labute approximate surface area is 200 Å². The van der Waals surface area contributed by atoms with Crippen LogP contribution in [0.2, 0.25) is 0 Å². The Hall–Kier alpha value is -3.94. The van der Waals surface area contributed by atoms with Crippen molar-refractivity contribution in [2.24, 2.45) is 5.73 Å². The summed E-state index contributed by atoms with van der Waals surface area (Å²) in [5.74, 6) is 0.688. The summed E-state index contributed by atoms with van der Waals surface area (Å²) >= 11 is 0. The Kier molecular flexibility index (Phi) is 8.56. The number of nitrogen functional groups attached to an aromatic ring is 1. The number of rotatable bonds is 11. The zero-order valence-corrected chi connectivity index (χ0v) is 19.4. The molecule has 0 aliphatic carbocycles. The van der Waals surface area contributed by atoms with E-state index in [2.05, 4.69) is 10.6 Å². The van der Waals surface area contributed by atoms with Crippen molar-refractivity contribution in [2.75, 3.05) is 26.4 Å². The third-order valence-corrected chi connectivity index (χ3v) is 5.51. The Morgan fingerprint density at radius 1 is 1.00 bits per heavy atom. The molecule has 7 nitrogen and oxygen atoms in total.